The molecule has 0 bridgehead atoms. The molecule has 0 aliphatic heterocycles. The number of hydrogen-bond acceptors (Lipinski definition) is 2. The van der Waals surface area contributed by atoms with Crippen molar-refractivity contribution in [1.29, 1.82) is 0 Å². The smallest absolute Gasteiger partial charge is 0.387 e. The van der Waals surface area contributed by atoms with Crippen LogP contribution in [0.3, 0.4) is 0 Å². The van der Waals surface area contributed by atoms with Gasteiger partial charge in [0, 0.05) is 0 Å². The molecule has 0 saturated carbocycles. The van der Waals surface area contributed by atoms with E-state index in [1.807, 2.05) is 0 Å². The molecule has 0 aliphatic carbocycles. The number of aryl methyl sites for hydroxylation is 1. The van der Waals surface area contributed by atoms with Crippen LogP contribution in [0.1, 0.15) is 5.56 Å². The zero-order valence-corrected chi connectivity index (χ0v) is 7.81. The van der Waals surface area contributed by atoms with Gasteiger partial charge < -0.3 is 4.74 Å². The fraction of sp³-hybridized carbons (Fsp3) is 0.286. The molecule has 0 radical (unpaired) electrons. The van der Waals surface area contributed by atoms with Crippen molar-refractivity contribution >= 4 is 15.9 Å². The zero-order valence-electron chi connectivity index (χ0n) is 6.22. The van der Waals surface area contributed by atoms with Gasteiger partial charge in [-0.15, -0.1) is 0 Å². The molecule has 0 aliphatic rings. The van der Waals surface area contributed by atoms with E-state index in [1.54, 1.807) is 13.0 Å². The van der Waals surface area contributed by atoms with Crippen LogP contribution in [-0.2, 0) is 0 Å². The van der Waals surface area contributed by atoms with Gasteiger partial charge in [-0.2, -0.15) is 8.78 Å². The lowest BCUT2D eigenvalue weighted by Crippen LogP contribution is -2.03. The van der Waals surface area contributed by atoms with Crippen molar-refractivity contribution in [1.82, 2.24) is 4.98 Å². The van der Waals surface area contributed by atoms with Crippen LogP contribution in [0.4, 0.5) is 8.78 Å². The second kappa shape index (κ2) is 3.80. The fourth-order valence-corrected chi connectivity index (χ4v) is 1.17. The molecule has 0 atom stereocenters. The second-order valence-electron chi connectivity index (χ2n) is 2.15. The van der Waals surface area contributed by atoms with Crippen LogP contribution < -0.4 is 4.74 Å². The third kappa shape index (κ3) is 2.41. The summed E-state index contributed by atoms with van der Waals surface area (Å²) >= 11 is 3.11. The maximum atomic E-state index is 11.7. The summed E-state index contributed by atoms with van der Waals surface area (Å²) < 4.78 is 28.3. The van der Waals surface area contributed by atoms with Crippen molar-refractivity contribution < 1.29 is 13.5 Å². The molecule has 66 valence electrons. The normalized spacial score (nSPS) is 10.4. The fourth-order valence-electron chi connectivity index (χ4n) is 0.729. The molecular weight excluding hydrogens is 232 g/mol. The first-order chi connectivity index (χ1) is 5.59. The maximum absolute atomic E-state index is 11.7. The number of hydrogen-bond donors (Lipinski definition) is 0. The number of pyridine rings is 1. The summed E-state index contributed by atoms with van der Waals surface area (Å²) in [5, 5.41) is 0. The van der Waals surface area contributed by atoms with Gasteiger partial charge in [-0.1, -0.05) is 0 Å². The predicted octanol–water partition coefficient (Wildman–Crippen LogP) is 2.75. The Morgan fingerprint density at radius 2 is 2.25 bits per heavy atom. The van der Waals surface area contributed by atoms with Crippen LogP contribution in [0.5, 0.6) is 5.75 Å². The van der Waals surface area contributed by atoms with Crippen LogP contribution in [0.25, 0.3) is 0 Å². The van der Waals surface area contributed by atoms with Crippen LogP contribution in [0.2, 0.25) is 0 Å². The highest BCUT2D eigenvalue weighted by atomic mass is 79.9. The van der Waals surface area contributed by atoms with E-state index in [9.17, 15) is 8.78 Å². The first-order valence-corrected chi connectivity index (χ1v) is 3.96. The molecule has 0 unspecified atom stereocenters. The first-order valence-electron chi connectivity index (χ1n) is 3.16. The molecule has 0 spiro atoms. The van der Waals surface area contributed by atoms with Crippen LogP contribution in [-0.4, -0.2) is 11.6 Å². The molecule has 0 aromatic carbocycles. The maximum Gasteiger partial charge on any atom is 0.387 e. The van der Waals surface area contributed by atoms with Gasteiger partial charge in [-0.3, -0.25) is 0 Å². The summed E-state index contributed by atoms with van der Waals surface area (Å²) in [6.45, 7) is -1.13. The summed E-state index contributed by atoms with van der Waals surface area (Å²) in [6, 6.07) is 1.61. The molecule has 5 heteroatoms. The Labute approximate surface area is 76.7 Å². The molecule has 0 saturated heterocycles. The van der Waals surface area contributed by atoms with Gasteiger partial charge in [0.15, 0.2) is 0 Å². The standard InChI is InChI=1S/C7H6BrF2NO/c1-4-2-6(8)11-3-5(4)12-7(9)10/h2-3,7H,1H3. The topological polar surface area (TPSA) is 22.1 Å². The van der Waals surface area contributed by atoms with Gasteiger partial charge in [-0.25, -0.2) is 4.98 Å². The summed E-state index contributed by atoms with van der Waals surface area (Å²) in [5.74, 6) is 0.105. The number of ether oxygens (including phenoxy) is 1. The van der Waals surface area contributed by atoms with Gasteiger partial charge in [-0.05, 0) is 34.5 Å². The number of rotatable bonds is 2. The number of nitrogens with zero attached hydrogens (tertiary/aromatic N) is 1. The highest BCUT2D eigenvalue weighted by molar-refractivity contribution is 9.10. The van der Waals surface area contributed by atoms with Crippen molar-refractivity contribution in [3.05, 3.63) is 22.4 Å². The molecular formula is C7H6BrF2NO. The van der Waals surface area contributed by atoms with Gasteiger partial charge >= 0.3 is 6.61 Å². The Hall–Kier alpha value is -0.710. The molecule has 2 nitrogen and oxygen atoms in total. The number of aromatic nitrogens is 1. The van der Waals surface area contributed by atoms with Crippen LogP contribution in [0, 0.1) is 6.92 Å². The molecule has 0 N–H and O–H groups in total. The van der Waals surface area contributed by atoms with Crippen molar-refractivity contribution in [3.63, 3.8) is 0 Å². The van der Waals surface area contributed by atoms with E-state index >= 15 is 0 Å². The first kappa shape index (κ1) is 9.38. The Balaban J connectivity index is 2.86. The van der Waals surface area contributed by atoms with E-state index in [1.165, 1.54) is 6.20 Å². The summed E-state index contributed by atoms with van der Waals surface area (Å²) in [6.07, 6.45) is 1.26. The summed E-state index contributed by atoms with van der Waals surface area (Å²) in [5.41, 5.74) is 0.622. The molecule has 0 fully saturated rings. The monoisotopic (exact) mass is 237 g/mol. The Kier molecular flexibility index (Phi) is 2.97. The van der Waals surface area contributed by atoms with E-state index in [0.717, 1.165) is 0 Å². The molecule has 12 heavy (non-hydrogen) atoms. The third-order valence-electron chi connectivity index (χ3n) is 1.25. The number of alkyl halides is 2. The highest BCUT2D eigenvalue weighted by Crippen LogP contribution is 2.20. The minimum Gasteiger partial charge on any atom is -0.433 e. The Morgan fingerprint density at radius 3 is 2.75 bits per heavy atom. The van der Waals surface area contributed by atoms with E-state index in [-0.39, 0.29) is 5.75 Å². The zero-order chi connectivity index (χ0) is 9.14. The van der Waals surface area contributed by atoms with Crippen LogP contribution >= 0.6 is 15.9 Å². The van der Waals surface area contributed by atoms with E-state index in [2.05, 4.69) is 25.7 Å². The van der Waals surface area contributed by atoms with Crippen molar-refractivity contribution in [2.75, 3.05) is 0 Å². The second-order valence-corrected chi connectivity index (χ2v) is 2.96. The highest BCUT2D eigenvalue weighted by Gasteiger charge is 2.07. The van der Waals surface area contributed by atoms with E-state index < -0.39 is 6.61 Å². The van der Waals surface area contributed by atoms with Gasteiger partial charge in [0.05, 0.1) is 6.20 Å². The summed E-state index contributed by atoms with van der Waals surface area (Å²) in [4.78, 5) is 3.75. The third-order valence-corrected chi connectivity index (χ3v) is 1.68. The quantitative estimate of drug-likeness (QED) is 0.739. The van der Waals surface area contributed by atoms with Crippen molar-refractivity contribution in [3.8, 4) is 5.75 Å². The van der Waals surface area contributed by atoms with E-state index in [0.29, 0.717) is 10.2 Å². The van der Waals surface area contributed by atoms with Crippen molar-refractivity contribution in [2.24, 2.45) is 0 Å². The van der Waals surface area contributed by atoms with Gasteiger partial charge in [0.2, 0.25) is 0 Å². The minimum atomic E-state index is -2.80. The molecule has 0 amide bonds. The average molecular weight is 238 g/mol. The Morgan fingerprint density at radius 1 is 1.58 bits per heavy atom. The van der Waals surface area contributed by atoms with E-state index in [4.69, 9.17) is 0 Å². The lowest BCUT2D eigenvalue weighted by atomic mass is 10.3. The number of halogens is 3. The lowest BCUT2D eigenvalue weighted by molar-refractivity contribution is -0.0505. The molecule has 1 aromatic rings. The predicted molar refractivity (Wildman–Crippen MR) is 43.3 cm³/mol. The minimum absolute atomic E-state index is 0.105. The largest absolute Gasteiger partial charge is 0.433 e. The molecule has 1 rings (SSSR count). The summed E-state index contributed by atoms with van der Waals surface area (Å²) in [7, 11) is 0. The molecule has 1 aromatic heterocycles. The van der Waals surface area contributed by atoms with Gasteiger partial charge in [0.1, 0.15) is 10.4 Å². The average Bonchev–Trinajstić information content (AvgIpc) is 1.94. The van der Waals surface area contributed by atoms with Gasteiger partial charge in [0.25, 0.3) is 0 Å². The SMILES string of the molecule is Cc1cc(Br)ncc1OC(F)F. The Bertz CT molecular complexity index is 280. The molecule has 1 heterocycles. The van der Waals surface area contributed by atoms with Crippen LogP contribution in [0.15, 0.2) is 16.9 Å². The van der Waals surface area contributed by atoms with Crippen molar-refractivity contribution in [2.45, 2.75) is 13.5 Å². The lowest BCUT2D eigenvalue weighted by Gasteiger charge is -2.06.